The van der Waals surface area contributed by atoms with E-state index in [-0.39, 0.29) is 29.7 Å². The van der Waals surface area contributed by atoms with Crippen molar-refractivity contribution in [3.8, 4) is 0 Å². The minimum atomic E-state index is -0.374. The third-order valence-corrected chi connectivity index (χ3v) is 5.16. The SMILES string of the molecule is CCCOC(=O)c1ccc(NC(=O)[C@@H]2CCC(=O)N(C)[C@@H]2c2ccccc2)cc1. The van der Waals surface area contributed by atoms with Gasteiger partial charge in [0.15, 0.2) is 0 Å². The van der Waals surface area contributed by atoms with E-state index in [1.807, 2.05) is 37.3 Å². The van der Waals surface area contributed by atoms with Crippen molar-refractivity contribution in [3.63, 3.8) is 0 Å². The zero-order chi connectivity index (χ0) is 20.8. The predicted octanol–water partition coefficient (Wildman–Crippen LogP) is 3.80. The third-order valence-electron chi connectivity index (χ3n) is 5.16. The second-order valence-corrected chi connectivity index (χ2v) is 7.21. The van der Waals surface area contributed by atoms with Crippen LogP contribution in [0.2, 0.25) is 0 Å². The van der Waals surface area contributed by atoms with Crippen LogP contribution in [0.15, 0.2) is 54.6 Å². The maximum Gasteiger partial charge on any atom is 0.338 e. The average molecular weight is 394 g/mol. The van der Waals surface area contributed by atoms with Gasteiger partial charge in [0.05, 0.1) is 24.1 Å². The molecule has 3 rings (SSSR count). The summed E-state index contributed by atoms with van der Waals surface area (Å²) in [4.78, 5) is 38.8. The van der Waals surface area contributed by atoms with Crippen LogP contribution in [0.4, 0.5) is 5.69 Å². The summed E-state index contributed by atoms with van der Waals surface area (Å²) in [5, 5.41) is 2.93. The molecule has 1 aliphatic heterocycles. The van der Waals surface area contributed by atoms with Crippen LogP contribution in [0, 0.1) is 5.92 Å². The Bertz CT molecular complexity index is 864. The Balaban J connectivity index is 1.73. The number of benzene rings is 2. The van der Waals surface area contributed by atoms with E-state index in [4.69, 9.17) is 4.74 Å². The standard InChI is InChI=1S/C23H26N2O4/c1-3-15-29-23(28)17-9-11-18(12-10-17)24-22(27)19-13-14-20(26)25(2)21(19)16-7-5-4-6-8-16/h4-12,19,21H,3,13-15H2,1-2H3,(H,24,27)/t19-,21-/m1/s1. The van der Waals surface area contributed by atoms with E-state index in [0.717, 1.165) is 12.0 Å². The lowest BCUT2D eigenvalue weighted by atomic mass is 9.84. The lowest BCUT2D eigenvalue weighted by molar-refractivity contribution is -0.140. The van der Waals surface area contributed by atoms with Crippen molar-refractivity contribution in [1.82, 2.24) is 4.90 Å². The highest BCUT2D eigenvalue weighted by Crippen LogP contribution is 2.36. The second-order valence-electron chi connectivity index (χ2n) is 7.21. The molecule has 0 spiro atoms. The van der Waals surface area contributed by atoms with Crippen LogP contribution in [0.25, 0.3) is 0 Å². The first kappa shape index (κ1) is 20.6. The largest absolute Gasteiger partial charge is 0.462 e. The first-order valence-electron chi connectivity index (χ1n) is 9.90. The number of ether oxygens (including phenoxy) is 1. The van der Waals surface area contributed by atoms with Crippen LogP contribution in [-0.2, 0) is 14.3 Å². The fraction of sp³-hybridized carbons (Fsp3) is 0.348. The maximum atomic E-state index is 13.0. The number of amides is 2. The van der Waals surface area contributed by atoms with Gasteiger partial charge in [-0.2, -0.15) is 0 Å². The highest BCUT2D eigenvalue weighted by atomic mass is 16.5. The van der Waals surface area contributed by atoms with E-state index in [1.165, 1.54) is 0 Å². The molecule has 1 aliphatic rings. The highest BCUT2D eigenvalue weighted by Gasteiger charge is 2.38. The number of carbonyl (C=O) groups excluding carboxylic acids is 3. The number of rotatable bonds is 6. The van der Waals surface area contributed by atoms with Crippen LogP contribution < -0.4 is 5.32 Å². The van der Waals surface area contributed by atoms with Crippen LogP contribution in [0.1, 0.15) is 48.1 Å². The molecule has 0 radical (unpaired) electrons. The quantitative estimate of drug-likeness (QED) is 0.756. The van der Waals surface area contributed by atoms with Gasteiger partial charge in [0.2, 0.25) is 11.8 Å². The Morgan fingerprint density at radius 2 is 1.79 bits per heavy atom. The molecule has 6 nitrogen and oxygen atoms in total. The average Bonchev–Trinajstić information content (AvgIpc) is 2.74. The zero-order valence-corrected chi connectivity index (χ0v) is 16.8. The minimum absolute atomic E-state index is 0.0397. The van der Waals surface area contributed by atoms with Gasteiger partial charge >= 0.3 is 5.97 Å². The molecule has 1 heterocycles. The van der Waals surface area contributed by atoms with Gasteiger partial charge in [-0.25, -0.2) is 4.79 Å². The Morgan fingerprint density at radius 3 is 2.45 bits per heavy atom. The molecule has 0 aromatic heterocycles. The van der Waals surface area contributed by atoms with Crippen molar-refractivity contribution in [2.24, 2.45) is 5.92 Å². The summed E-state index contributed by atoms with van der Waals surface area (Å²) in [5.41, 5.74) is 1.99. The zero-order valence-electron chi connectivity index (χ0n) is 16.8. The monoisotopic (exact) mass is 394 g/mol. The first-order valence-corrected chi connectivity index (χ1v) is 9.90. The fourth-order valence-corrected chi connectivity index (χ4v) is 3.62. The van der Waals surface area contributed by atoms with E-state index < -0.39 is 0 Å². The van der Waals surface area contributed by atoms with Crippen LogP contribution in [0.5, 0.6) is 0 Å². The first-order chi connectivity index (χ1) is 14.0. The predicted molar refractivity (Wildman–Crippen MR) is 110 cm³/mol. The maximum absolute atomic E-state index is 13.0. The Morgan fingerprint density at radius 1 is 1.10 bits per heavy atom. The van der Waals surface area contributed by atoms with E-state index in [1.54, 1.807) is 36.2 Å². The smallest absolute Gasteiger partial charge is 0.338 e. The molecule has 1 fully saturated rings. The van der Waals surface area contributed by atoms with E-state index in [2.05, 4.69) is 5.32 Å². The van der Waals surface area contributed by atoms with Gasteiger partial charge in [0.1, 0.15) is 0 Å². The number of nitrogens with one attached hydrogen (secondary N) is 1. The summed E-state index contributed by atoms with van der Waals surface area (Å²) < 4.78 is 5.11. The Kier molecular flexibility index (Phi) is 6.65. The number of nitrogens with zero attached hydrogens (tertiary/aromatic N) is 1. The normalized spacial score (nSPS) is 19.0. The van der Waals surface area contributed by atoms with Crippen molar-refractivity contribution in [2.75, 3.05) is 19.0 Å². The van der Waals surface area contributed by atoms with Gasteiger partial charge in [-0.3, -0.25) is 9.59 Å². The number of hydrogen-bond donors (Lipinski definition) is 1. The summed E-state index contributed by atoms with van der Waals surface area (Å²) in [5.74, 6) is -0.826. The molecular formula is C23H26N2O4. The lowest BCUT2D eigenvalue weighted by Crippen LogP contribution is -2.44. The molecule has 2 aromatic rings. The van der Waals surface area contributed by atoms with Crippen LogP contribution >= 0.6 is 0 Å². The topological polar surface area (TPSA) is 75.7 Å². The van der Waals surface area contributed by atoms with Crippen molar-refractivity contribution < 1.29 is 19.1 Å². The summed E-state index contributed by atoms with van der Waals surface area (Å²) in [7, 11) is 1.75. The van der Waals surface area contributed by atoms with Gasteiger partial charge in [-0.1, -0.05) is 37.3 Å². The molecular weight excluding hydrogens is 368 g/mol. The third kappa shape index (κ3) is 4.83. The molecule has 1 saturated heterocycles. The van der Waals surface area contributed by atoms with E-state index >= 15 is 0 Å². The van der Waals surface area contributed by atoms with Crippen LogP contribution in [-0.4, -0.2) is 36.3 Å². The lowest BCUT2D eigenvalue weighted by Gasteiger charge is -2.38. The molecule has 0 unspecified atom stereocenters. The molecule has 0 bridgehead atoms. The summed E-state index contributed by atoms with van der Waals surface area (Å²) >= 11 is 0. The fourth-order valence-electron chi connectivity index (χ4n) is 3.62. The molecule has 2 atom stereocenters. The molecule has 0 saturated carbocycles. The minimum Gasteiger partial charge on any atom is -0.462 e. The molecule has 0 aliphatic carbocycles. The van der Waals surface area contributed by atoms with Crippen molar-refractivity contribution in [3.05, 3.63) is 65.7 Å². The van der Waals surface area contributed by atoms with Gasteiger partial charge < -0.3 is 15.0 Å². The number of carbonyl (C=O) groups is 3. The number of likely N-dealkylation sites (tertiary alicyclic amines) is 1. The van der Waals surface area contributed by atoms with Gasteiger partial charge in [-0.05, 0) is 42.7 Å². The number of hydrogen-bond acceptors (Lipinski definition) is 4. The number of anilines is 1. The van der Waals surface area contributed by atoms with Crippen molar-refractivity contribution >= 4 is 23.5 Å². The number of esters is 1. The van der Waals surface area contributed by atoms with Crippen molar-refractivity contribution in [1.29, 1.82) is 0 Å². The molecule has 1 N–H and O–H groups in total. The van der Waals surface area contributed by atoms with Crippen molar-refractivity contribution in [2.45, 2.75) is 32.2 Å². The summed E-state index contributed by atoms with van der Waals surface area (Å²) in [6.45, 7) is 2.32. The Labute approximate surface area is 170 Å². The van der Waals surface area contributed by atoms with Crippen LogP contribution in [0.3, 0.4) is 0 Å². The summed E-state index contributed by atoms with van der Waals surface area (Å²) in [6, 6.07) is 16.0. The highest BCUT2D eigenvalue weighted by molar-refractivity contribution is 5.95. The van der Waals surface area contributed by atoms with E-state index in [9.17, 15) is 14.4 Å². The molecule has 2 aromatic carbocycles. The molecule has 29 heavy (non-hydrogen) atoms. The second kappa shape index (κ2) is 9.37. The van der Waals surface area contributed by atoms with Gasteiger partial charge in [0.25, 0.3) is 0 Å². The molecule has 6 heteroatoms. The Hall–Kier alpha value is -3.15. The van der Waals surface area contributed by atoms with Gasteiger partial charge in [0, 0.05) is 19.2 Å². The molecule has 2 amide bonds. The van der Waals surface area contributed by atoms with E-state index in [0.29, 0.717) is 30.7 Å². The number of piperidine rings is 1. The summed E-state index contributed by atoms with van der Waals surface area (Å²) in [6.07, 6.45) is 1.61. The molecule has 152 valence electrons. The van der Waals surface area contributed by atoms with Gasteiger partial charge in [-0.15, -0.1) is 0 Å².